The van der Waals surface area contributed by atoms with E-state index in [1.807, 2.05) is 50.2 Å². The van der Waals surface area contributed by atoms with E-state index in [-0.39, 0.29) is 5.92 Å². The van der Waals surface area contributed by atoms with Crippen LogP contribution in [0, 0.1) is 5.92 Å². The maximum absolute atomic E-state index is 12.6. The Kier molecular flexibility index (Phi) is 7.21. The number of methoxy groups -OCH3 is 1. The van der Waals surface area contributed by atoms with E-state index in [9.17, 15) is 9.59 Å². The molecule has 160 valence electrons. The molecule has 0 saturated carbocycles. The molecule has 1 aliphatic heterocycles. The molecule has 2 aromatic rings. The molecular weight excluding hydrogens is 406 g/mol. The van der Waals surface area contributed by atoms with Crippen molar-refractivity contribution in [3.05, 3.63) is 64.2 Å². The van der Waals surface area contributed by atoms with Crippen LogP contribution in [0.15, 0.2) is 42.5 Å². The lowest BCUT2D eigenvalue weighted by atomic mass is 9.92. The van der Waals surface area contributed by atoms with Gasteiger partial charge in [-0.1, -0.05) is 43.6 Å². The number of benzene rings is 2. The Hall–Kier alpha value is -2.73. The molecule has 6 nitrogen and oxygen atoms in total. The fourth-order valence-corrected chi connectivity index (χ4v) is 3.45. The highest BCUT2D eigenvalue weighted by atomic mass is 35.5. The number of halogens is 1. The monoisotopic (exact) mass is 431 g/mol. The van der Waals surface area contributed by atoms with Gasteiger partial charge in [-0.3, -0.25) is 4.90 Å². The molecular formula is C23H26ClNO5. The Balaban J connectivity index is 1.77. The average Bonchev–Trinajstić information content (AvgIpc) is 2.75. The predicted octanol–water partition coefficient (Wildman–Crippen LogP) is 4.78. The van der Waals surface area contributed by atoms with E-state index in [0.717, 1.165) is 16.7 Å². The van der Waals surface area contributed by atoms with Crippen LogP contribution in [0.3, 0.4) is 0 Å². The third-order valence-electron chi connectivity index (χ3n) is 4.86. The average molecular weight is 432 g/mol. The van der Waals surface area contributed by atoms with Crippen molar-refractivity contribution in [1.29, 1.82) is 0 Å². The molecule has 7 heteroatoms. The van der Waals surface area contributed by atoms with Gasteiger partial charge in [0.15, 0.2) is 6.04 Å². The fourth-order valence-electron chi connectivity index (χ4n) is 3.32. The van der Waals surface area contributed by atoms with Crippen molar-refractivity contribution >= 4 is 23.7 Å². The van der Waals surface area contributed by atoms with E-state index in [1.54, 1.807) is 6.07 Å². The minimum Gasteiger partial charge on any atom is -0.489 e. The summed E-state index contributed by atoms with van der Waals surface area (Å²) in [5.41, 5.74) is 2.68. The van der Waals surface area contributed by atoms with Crippen molar-refractivity contribution < 1.29 is 23.8 Å². The quantitative estimate of drug-likeness (QED) is 0.615. The number of esters is 1. The molecule has 1 atom stereocenters. The second-order valence-electron chi connectivity index (χ2n) is 7.62. The zero-order valence-corrected chi connectivity index (χ0v) is 18.1. The lowest BCUT2D eigenvalue weighted by molar-refractivity contribution is -0.147. The van der Waals surface area contributed by atoms with Crippen LogP contribution in [0.2, 0.25) is 5.02 Å². The number of ether oxygens (including phenoxy) is 3. The number of hydrogen-bond donors (Lipinski definition) is 0. The number of carbonyl (C=O) groups is 2. The molecule has 0 aromatic heterocycles. The lowest BCUT2D eigenvalue weighted by Gasteiger charge is -2.35. The Labute approximate surface area is 181 Å². The van der Waals surface area contributed by atoms with E-state index in [4.69, 9.17) is 25.8 Å². The van der Waals surface area contributed by atoms with E-state index in [1.165, 1.54) is 12.0 Å². The summed E-state index contributed by atoms with van der Waals surface area (Å²) < 4.78 is 16.2. The minimum atomic E-state index is -0.830. The van der Waals surface area contributed by atoms with Crippen molar-refractivity contribution in [2.45, 2.75) is 32.9 Å². The molecule has 0 radical (unpaired) electrons. The molecule has 3 rings (SSSR count). The Morgan fingerprint density at radius 2 is 1.90 bits per heavy atom. The largest absolute Gasteiger partial charge is 0.489 e. The van der Waals surface area contributed by atoms with E-state index >= 15 is 0 Å². The first kappa shape index (κ1) is 22.0. The van der Waals surface area contributed by atoms with Crippen molar-refractivity contribution in [2.24, 2.45) is 5.92 Å². The van der Waals surface area contributed by atoms with Gasteiger partial charge in [-0.25, -0.2) is 9.59 Å². The first-order chi connectivity index (χ1) is 14.4. The standard InChI is InChI=1S/C23H26ClNO5/c1-15(2)13-30-23(27)25-11-10-17-12-19(8-9-20(17)21(25)22(26)28-3)29-14-16-4-6-18(24)7-5-16/h4-9,12,15,21H,10-11,13-14H2,1-3H3. The molecule has 0 N–H and O–H groups in total. The summed E-state index contributed by atoms with van der Waals surface area (Å²) in [7, 11) is 1.32. The SMILES string of the molecule is COC(=O)C1c2ccc(OCc3ccc(Cl)cc3)cc2CCN1C(=O)OCC(C)C. The Bertz CT molecular complexity index is 897. The van der Waals surface area contributed by atoms with Crippen molar-refractivity contribution in [3.8, 4) is 5.75 Å². The van der Waals surface area contributed by atoms with Crippen LogP contribution in [-0.4, -0.2) is 37.2 Å². The van der Waals surface area contributed by atoms with Gasteiger partial charge in [0.1, 0.15) is 12.4 Å². The highest BCUT2D eigenvalue weighted by molar-refractivity contribution is 6.30. The molecule has 0 saturated heterocycles. The maximum atomic E-state index is 12.6. The van der Waals surface area contributed by atoms with Crippen LogP contribution < -0.4 is 4.74 Å². The van der Waals surface area contributed by atoms with Crippen molar-refractivity contribution in [2.75, 3.05) is 20.3 Å². The second-order valence-corrected chi connectivity index (χ2v) is 8.05. The molecule has 0 bridgehead atoms. The third-order valence-corrected chi connectivity index (χ3v) is 5.11. The minimum absolute atomic E-state index is 0.211. The molecule has 0 aliphatic carbocycles. The smallest absolute Gasteiger partial charge is 0.410 e. The van der Waals surface area contributed by atoms with Gasteiger partial charge in [0.05, 0.1) is 13.7 Å². The number of carbonyl (C=O) groups excluding carboxylic acids is 2. The second kappa shape index (κ2) is 9.85. The van der Waals surface area contributed by atoms with Gasteiger partial charge < -0.3 is 14.2 Å². The summed E-state index contributed by atoms with van der Waals surface area (Å²) in [4.78, 5) is 26.5. The lowest BCUT2D eigenvalue weighted by Crippen LogP contribution is -2.44. The van der Waals surface area contributed by atoms with E-state index in [2.05, 4.69) is 0 Å². The number of nitrogens with zero attached hydrogens (tertiary/aromatic N) is 1. The summed E-state index contributed by atoms with van der Waals surface area (Å²) in [6.07, 6.45) is 0.0883. The zero-order valence-electron chi connectivity index (χ0n) is 17.4. The van der Waals surface area contributed by atoms with E-state index < -0.39 is 18.1 Å². The van der Waals surface area contributed by atoms with Gasteiger partial charge >= 0.3 is 12.1 Å². The third kappa shape index (κ3) is 5.25. The van der Waals surface area contributed by atoms with Crippen LogP contribution in [0.25, 0.3) is 0 Å². The van der Waals surface area contributed by atoms with Crippen molar-refractivity contribution in [1.82, 2.24) is 4.90 Å². The van der Waals surface area contributed by atoms with Crippen LogP contribution in [-0.2, 0) is 27.3 Å². The van der Waals surface area contributed by atoms with Crippen LogP contribution in [0.4, 0.5) is 4.79 Å². The summed E-state index contributed by atoms with van der Waals surface area (Å²) in [5, 5.41) is 0.679. The molecule has 30 heavy (non-hydrogen) atoms. The normalized spacial score (nSPS) is 15.5. The number of rotatable bonds is 6. The number of hydrogen-bond acceptors (Lipinski definition) is 5. The van der Waals surface area contributed by atoms with Gasteiger partial charge in [0.25, 0.3) is 0 Å². The molecule has 0 fully saturated rings. The summed E-state index contributed by atoms with van der Waals surface area (Å²) in [6.45, 7) is 4.99. The summed E-state index contributed by atoms with van der Waals surface area (Å²) in [6, 6.07) is 12.2. The Morgan fingerprint density at radius 1 is 1.17 bits per heavy atom. The molecule has 2 aromatic carbocycles. The molecule has 1 amide bonds. The van der Waals surface area contributed by atoms with Crippen molar-refractivity contribution in [3.63, 3.8) is 0 Å². The number of amides is 1. The zero-order chi connectivity index (χ0) is 21.7. The highest BCUT2D eigenvalue weighted by Gasteiger charge is 2.37. The Morgan fingerprint density at radius 3 is 2.57 bits per heavy atom. The predicted molar refractivity (Wildman–Crippen MR) is 114 cm³/mol. The summed E-state index contributed by atoms with van der Waals surface area (Å²) in [5.74, 6) is 0.415. The fraction of sp³-hybridized carbons (Fsp3) is 0.391. The molecule has 1 aliphatic rings. The van der Waals surface area contributed by atoms with Crippen LogP contribution in [0.5, 0.6) is 5.75 Å². The highest BCUT2D eigenvalue weighted by Crippen LogP contribution is 2.34. The van der Waals surface area contributed by atoms with Gasteiger partial charge in [0, 0.05) is 11.6 Å². The topological polar surface area (TPSA) is 65.1 Å². The van der Waals surface area contributed by atoms with Gasteiger partial charge in [-0.15, -0.1) is 0 Å². The van der Waals surface area contributed by atoms with Crippen LogP contribution >= 0.6 is 11.6 Å². The summed E-state index contributed by atoms with van der Waals surface area (Å²) >= 11 is 5.91. The first-order valence-electron chi connectivity index (χ1n) is 9.90. The molecule has 1 unspecified atom stereocenters. The molecule has 0 spiro atoms. The van der Waals surface area contributed by atoms with Gasteiger partial charge in [-0.05, 0) is 53.3 Å². The van der Waals surface area contributed by atoms with Gasteiger partial charge in [0.2, 0.25) is 0 Å². The van der Waals surface area contributed by atoms with Crippen LogP contribution in [0.1, 0.15) is 36.6 Å². The molecule has 1 heterocycles. The first-order valence-corrected chi connectivity index (χ1v) is 10.3. The number of fused-ring (bicyclic) bond motifs is 1. The van der Waals surface area contributed by atoms with E-state index in [0.29, 0.717) is 37.0 Å². The van der Waals surface area contributed by atoms with Gasteiger partial charge in [-0.2, -0.15) is 0 Å². The maximum Gasteiger partial charge on any atom is 0.410 e.